The molecular formula is C7H16ClNO2S. The zero-order valence-corrected chi connectivity index (χ0v) is 9.09. The van der Waals surface area contributed by atoms with Gasteiger partial charge < -0.3 is 9.47 Å². The van der Waals surface area contributed by atoms with Crippen LogP contribution < -0.4 is 0 Å². The quantitative estimate of drug-likeness (QED) is 0.416. The van der Waals surface area contributed by atoms with Gasteiger partial charge in [-0.2, -0.15) is 0 Å². The molecule has 5 heteroatoms. The van der Waals surface area contributed by atoms with Gasteiger partial charge in [-0.25, -0.2) is 0 Å². The third-order valence-electron chi connectivity index (χ3n) is 0.984. The predicted molar refractivity (Wildman–Crippen MR) is 55.8 cm³/mol. The van der Waals surface area contributed by atoms with Crippen molar-refractivity contribution in [2.45, 2.75) is 6.92 Å². The van der Waals surface area contributed by atoms with Gasteiger partial charge in [0.15, 0.2) is 5.90 Å². The minimum atomic E-state index is 0. The van der Waals surface area contributed by atoms with Crippen LogP contribution >= 0.6 is 24.2 Å². The Labute approximate surface area is 84.1 Å². The summed E-state index contributed by atoms with van der Waals surface area (Å²) in [7, 11) is 1.68. The lowest BCUT2D eigenvalue weighted by Gasteiger charge is -2.03. The maximum absolute atomic E-state index is 7.24. The van der Waals surface area contributed by atoms with E-state index >= 15 is 0 Å². The van der Waals surface area contributed by atoms with Crippen molar-refractivity contribution in [3.8, 4) is 0 Å². The van der Waals surface area contributed by atoms with Crippen molar-refractivity contribution in [3.63, 3.8) is 0 Å². The largest absolute Gasteiger partial charge is 0.481 e. The molecule has 0 unspecified atom stereocenters. The van der Waals surface area contributed by atoms with Crippen LogP contribution in [0.5, 0.6) is 0 Å². The van der Waals surface area contributed by atoms with Crippen molar-refractivity contribution < 1.29 is 9.47 Å². The number of nitrogens with one attached hydrogen (secondary N) is 1. The van der Waals surface area contributed by atoms with E-state index in [-0.39, 0.29) is 12.4 Å². The van der Waals surface area contributed by atoms with Gasteiger partial charge in [-0.15, -0.1) is 24.2 Å². The van der Waals surface area contributed by atoms with Gasteiger partial charge in [0.2, 0.25) is 0 Å². The fourth-order valence-electron chi connectivity index (χ4n) is 0.523. The van der Waals surface area contributed by atoms with Crippen molar-refractivity contribution in [2.24, 2.45) is 0 Å². The number of ether oxygens (including phenoxy) is 2. The molecule has 0 aliphatic heterocycles. The maximum Gasteiger partial charge on any atom is 0.190 e. The normalized spacial score (nSPS) is 8.83. The Hall–Kier alpha value is 0.0700. The standard InChI is InChI=1S/C7H15NO2S.ClH/c1-3-10-7(8)6-11-5-4-9-2;/h8H,3-6H2,1-2H3;1H. The first-order valence-corrected chi connectivity index (χ1v) is 4.73. The van der Waals surface area contributed by atoms with E-state index in [9.17, 15) is 0 Å². The van der Waals surface area contributed by atoms with Crippen LogP contribution in [0.4, 0.5) is 0 Å². The molecule has 74 valence electrons. The zero-order valence-electron chi connectivity index (χ0n) is 7.46. The molecule has 0 saturated heterocycles. The molecule has 0 heterocycles. The average Bonchev–Trinajstić information content (AvgIpc) is 1.99. The molecular weight excluding hydrogens is 198 g/mol. The summed E-state index contributed by atoms with van der Waals surface area (Å²) in [6, 6.07) is 0. The molecule has 0 amide bonds. The Morgan fingerprint density at radius 1 is 1.50 bits per heavy atom. The molecule has 0 rings (SSSR count). The van der Waals surface area contributed by atoms with E-state index in [0.29, 0.717) is 18.3 Å². The highest BCUT2D eigenvalue weighted by molar-refractivity contribution is 7.99. The Bertz CT molecular complexity index is 114. The summed E-state index contributed by atoms with van der Waals surface area (Å²) in [5, 5.41) is 7.24. The molecule has 0 spiro atoms. The van der Waals surface area contributed by atoms with Gasteiger partial charge in [-0.05, 0) is 6.92 Å². The number of hydrogen-bond acceptors (Lipinski definition) is 4. The lowest BCUT2D eigenvalue weighted by molar-refractivity contribution is 0.218. The minimum Gasteiger partial charge on any atom is -0.481 e. The molecule has 0 saturated carbocycles. The molecule has 0 aliphatic rings. The van der Waals surface area contributed by atoms with E-state index in [0.717, 1.165) is 12.4 Å². The molecule has 1 N–H and O–H groups in total. The first-order chi connectivity index (χ1) is 5.31. The third kappa shape index (κ3) is 10.1. The molecule has 0 atom stereocenters. The maximum atomic E-state index is 7.24. The number of methoxy groups -OCH3 is 1. The van der Waals surface area contributed by atoms with E-state index in [1.54, 1.807) is 18.9 Å². The highest BCUT2D eigenvalue weighted by Gasteiger charge is 1.95. The topological polar surface area (TPSA) is 42.3 Å². The molecule has 0 aromatic rings. The van der Waals surface area contributed by atoms with Gasteiger partial charge in [0.25, 0.3) is 0 Å². The van der Waals surface area contributed by atoms with Crippen LogP contribution in [0.25, 0.3) is 0 Å². The van der Waals surface area contributed by atoms with E-state index in [1.807, 2.05) is 6.92 Å². The minimum absolute atomic E-state index is 0. The summed E-state index contributed by atoms with van der Waals surface area (Å²) < 4.78 is 9.80. The van der Waals surface area contributed by atoms with Crippen LogP contribution in [0.1, 0.15) is 6.92 Å². The van der Waals surface area contributed by atoms with Crippen LogP contribution in [-0.2, 0) is 9.47 Å². The number of rotatable bonds is 6. The molecule has 0 aromatic carbocycles. The van der Waals surface area contributed by atoms with Gasteiger partial charge in [-0.3, -0.25) is 5.41 Å². The summed E-state index contributed by atoms with van der Waals surface area (Å²) in [6.45, 7) is 3.21. The summed E-state index contributed by atoms with van der Waals surface area (Å²) in [5.41, 5.74) is 0. The second kappa shape index (κ2) is 11.1. The number of halogens is 1. The fraction of sp³-hybridized carbons (Fsp3) is 0.857. The van der Waals surface area contributed by atoms with E-state index in [1.165, 1.54) is 0 Å². The van der Waals surface area contributed by atoms with Crippen LogP contribution in [0.2, 0.25) is 0 Å². The Morgan fingerprint density at radius 2 is 2.17 bits per heavy atom. The van der Waals surface area contributed by atoms with E-state index < -0.39 is 0 Å². The van der Waals surface area contributed by atoms with Crippen LogP contribution in [0.3, 0.4) is 0 Å². The van der Waals surface area contributed by atoms with Crippen molar-refractivity contribution in [3.05, 3.63) is 0 Å². The molecule has 0 fully saturated rings. The molecule has 3 nitrogen and oxygen atoms in total. The fourth-order valence-corrected chi connectivity index (χ4v) is 1.22. The van der Waals surface area contributed by atoms with Crippen molar-refractivity contribution in [2.75, 3.05) is 31.8 Å². The van der Waals surface area contributed by atoms with Crippen LogP contribution in [-0.4, -0.2) is 37.7 Å². The summed E-state index contributed by atoms with van der Waals surface area (Å²) >= 11 is 1.65. The van der Waals surface area contributed by atoms with Crippen molar-refractivity contribution in [1.29, 1.82) is 5.41 Å². The van der Waals surface area contributed by atoms with Gasteiger partial charge in [0, 0.05) is 12.9 Å². The Balaban J connectivity index is 0. The molecule has 0 bridgehead atoms. The van der Waals surface area contributed by atoms with Gasteiger partial charge >= 0.3 is 0 Å². The summed E-state index contributed by atoms with van der Waals surface area (Å²) in [6.07, 6.45) is 0. The SMILES string of the molecule is CCOC(=N)CSCCOC.Cl. The highest BCUT2D eigenvalue weighted by atomic mass is 35.5. The highest BCUT2D eigenvalue weighted by Crippen LogP contribution is 1.99. The van der Waals surface area contributed by atoms with E-state index in [4.69, 9.17) is 14.9 Å². The molecule has 0 aromatic heterocycles. The number of thioether (sulfide) groups is 1. The summed E-state index contributed by atoms with van der Waals surface area (Å²) in [5.74, 6) is 1.93. The third-order valence-corrected chi connectivity index (χ3v) is 1.91. The van der Waals surface area contributed by atoms with E-state index in [2.05, 4.69) is 0 Å². The molecule has 12 heavy (non-hydrogen) atoms. The Kier molecular flexibility index (Phi) is 13.5. The smallest absolute Gasteiger partial charge is 0.190 e. The lowest BCUT2D eigenvalue weighted by atomic mass is 10.7. The van der Waals surface area contributed by atoms with Crippen LogP contribution in [0.15, 0.2) is 0 Å². The first-order valence-electron chi connectivity index (χ1n) is 3.58. The Morgan fingerprint density at radius 3 is 2.67 bits per heavy atom. The lowest BCUT2D eigenvalue weighted by Crippen LogP contribution is -2.06. The number of hydrogen-bond donors (Lipinski definition) is 1. The summed E-state index contributed by atoms with van der Waals surface area (Å²) in [4.78, 5) is 0. The zero-order chi connectivity index (χ0) is 8.53. The first kappa shape index (κ1) is 14.6. The van der Waals surface area contributed by atoms with Gasteiger partial charge in [0.05, 0.1) is 19.0 Å². The second-order valence-corrected chi connectivity index (χ2v) is 3.01. The van der Waals surface area contributed by atoms with Crippen molar-refractivity contribution >= 4 is 30.1 Å². The predicted octanol–water partition coefficient (Wildman–Crippen LogP) is 1.80. The molecule has 0 radical (unpaired) electrons. The second-order valence-electron chi connectivity index (χ2n) is 1.90. The average molecular weight is 214 g/mol. The van der Waals surface area contributed by atoms with Crippen molar-refractivity contribution in [1.82, 2.24) is 0 Å². The monoisotopic (exact) mass is 213 g/mol. The van der Waals surface area contributed by atoms with Gasteiger partial charge in [0.1, 0.15) is 0 Å². The van der Waals surface area contributed by atoms with Gasteiger partial charge in [-0.1, -0.05) is 0 Å². The van der Waals surface area contributed by atoms with Crippen LogP contribution in [0, 0.1) is 5.41 Å². The molecule has 0 aliphatic carbocycles.